The number of rotatable bonds is 2. The van der Waals surface area contributed by atoms with Gasteiger partial charge in [0.05, 0.1) is 5.69 Å². The Balaban J connectivity index is 1.81. The maximum atomic E-state index is 4.33. The van der Waals surface area contributed by atoms with Gasteiger partial charge in [-0.15, -0.1) is 15.3 Å². The van der Waals surface area contributed by atoms with Crippen molar-refractivity contribution in [2.45, 2.75) is 32.6 Å². The van der Waals surface area contributed by atoms with Gasteiger partial charge in [-0.25, -0.2) is 0 Å². The molecule has 1 aliphatic heterocycles. The molecule has 0 radical (unpaired) electrons. The number of aryl methyl sites for hydroxylation is 3. The molecule has 1 saturated heterocycles. The lowest BCUT2D eigenvalue weighted by Gasteiger charge is -2.32. The van der Waals surface area contributed by atoms with Crippen LogP contribution in [-0.2, 0) is 7.05 Å². The van der Waals surface area contributed by atoms with Crippen LogP contribution in [0.25, 0.3) is 0 Å². The fourth-order valence-corrected chi connectivity index (χ4v) is 2.74. The first-order valence-corrected chi connectivity index (χ1v) is 7.05. The highest BCUT2D eigenvalue weighted by molar-refractivity contribution is 5.41. The maximum Gasteiger partial charge on any atom is 0.151 e. The van der Waals surface area contributed by atoms with Crippen molar-refractivity contribution in [3.63, 3.8) is 0 Å². The van der Waals surface area contributed by atoms with Gasteiger partial charge in [0.25, 0.3) is 0 Å². The number of anilines is 1. The molecule has 3 heterocycles. The monoisotopic (exact) mass is 272 g/mol. The van der Waals surface area contributed by atoms with E-state index >= 15 is 0 Å². The Morgan fingerprint density at radius 3 is 2.75 bits per heavy atom. The smallest absolute Gasteiger partial charge is 0.151 e. The van der Waals surface area contributed by atoms with E-state index in [-0.39, 0.29) is 0 Å². The van der Waals surface area contributed by atoms with Crippen molar-refractivity contribution in [1.29, 1.82) is 0 Å². The standard InChI is InChI=1S/C14H20N6/c1-10-7-13(17-16-11(10)2)20-6-4-5-12(8-20)14-18-15-9-19(14)3/h7,9,12H,4-6,8H2,1-3H3. The Hall–Kier alpha value is -1.98. The average molecular weight is 272 g/mol. The second kappa shape index (κ2) is 5.19. The van der Waals surface area contributed by atoms with Crippen molar-refractivity contribution >= 4 is 5.82 Å². The minimum absolute atomic E-state index is 0.416. The lowest BCUT2D eigenvalue weighted by Crippen LogP contribution is -2.36. The molecule has 0 amide bonds. The molecule has 2 aromatic rings. The SMILES string of the molecule is Cc1cc(N2CCCC(c3nncn3C)C2)nnc1C. The van der Waals surface area contributed by atoms with Crippen molar-refractivity contribution in [2.75, 3.05) is 18.0 Å². The predicted octanol–water partition coefficient (Wildman–Crippen LogP) is 1.61. The summed E-state index contributed by atoms with van der Waals surface area (Å²) in [6, 6.07) is 2.13. The summed E-state index contributed by atoms with van der Waals surface area (Å²) < 4.78 is 2.01. The van der Waals surface area contributed by atoms with Crippen LogP contribution in [0.15, 0.2) is 12.4 Å². The largest absolute Gasteiger partial charge is 0.354 e. The highest BCUT2D eigenvalue weighted by Crippen LogP contribution is 2.27. The van der Waals surface area contributed by atoms with Gasteiger partial charge in [0.1, 0.15) is 12.2 Å². The molecule has 1 aliphatic rings. The fraction of sp³-hybridized carbons (Fsp3) is 0.571. The lowest BCUT2D eigenvalue weighted by molar-refractivity contribution is 0.476. The highest BCUT2D eigenvalue weighted by atomic mass is 15.3. The molecule has 3 rings (SSSR count). The van der Waals surface area contributed by atoms with Crippen LogP contribution >= 0.6 is 0 Å². The molecule has 106 valence electrons. The summed E-state index contributed by atoms with van der Waals surface area (Å²) in [7, 11) is 2.00. The van der Waals surface area contributed by atoms with E-state index in [4.69, 9.17) is 0 Å². The van der Waals surface area contributed by atoms with E-state index in [0.717, 1.165) is 43.3 Å². The van der Waals surface area contributed by atoms with E-state index in [1.54, 1.807) is 6.33 Å². The molecule has 0 N–H and O–H groups in total. The van der Waals surface area contributed by atoms with E-state index < -0.39 is 0 Å². The van der Waals surface area contributed by atoms with E-state index in [9.17, 15) is 0 Å². The lowest BCUT2D eigenvalue weighted by atomic mass is 9.97. The topological polar surface area (TPSA) is 59.7 Å². The third kappa shape index (κ3) is 2.37. The molecule has 0 aliphatic carbocycles. The van der Waals surface area contributed by atoms with Crippen molar-refractivity contribution in [2.24, 2.45) is 7.05 Å². The van der Waals surface area contributed by atoms with Gasteiger partial charge in [-0.05, 0) is 38.3 Å². The van der Waals surface area contributed by atoms with Crippen molar-refractivity contribution in [3.8, 4) is 0 Å². The molecule has 0 bridgehead atoms. The quantitative estimate of drug-likeness (QED) is 0.831. The third-order valence-electron chi connectivity index (χ3n) is 4.08. The molecule has 0 saturated carbocycles. The first-order chi connectivity index (χ1) is 9.65. The molecule has 20 heavy (non-hydrogen) atoms. The summed E-state index contributed by atoms with van der Waals surface area (Å²) in [6.45, 7) is 6.04. The Morgan fingerprint density at radius 1 is 1.20 bits per heavy atom. The normalized spacial score (nSPS) is 19.4. The number of hydrogen-bond donors (Lipinski definition) is 0. The average Bonchev–Trinajstić information content (AvgIpc) is 2.88. The maximum absolute atomic E-state index is 4.33. The molecular weight excluding hydrogens is 252 g/mol. The Morgan fingerprint density at radius 2 is 2.05 bits per heavy atom. The second-order valence-corrected chi connectivity index (χ2v) is 5.56. The van der Waals surface area contributed by atoms with Crippen molar-refractivity contribution in [1.82, 2.24) is 25.0 Å². The van der Waals surface area contributed by atoms with Crippen LogP contribution in [0.5, 0.6) is 0 Å². The summed E-state index contributed by atoms with van der Waals surface area (Å²) in [5.41, 5.74) is 2.19. The second-order valence-electron chi connectivity index (χ2n) is 5.56. The van der Waals surface area contributed by atoms with Gasteiger partial charge in [-0.2, -0.15) is 5.10 Å². The van der Waals surface area contributed by atoms with Crippen LogP contribution in [0.1, 0.15) is 35.8 Å². The number of hydrogen-bond acceptors (Lipinski definition) is 5. The Bertz CT molecular complexity index is 605. The van der Waals surface area contributed by atoms with Crippen LogP contribution in [0.4, 0.5) is 5.82 Å². The minimum Gasteiger partial charge on any atom is -0.354 e. The molecule has 1 atom stereocenters. The summed E-state index contributed by atoms with van der Waals surface area (Å²) in [5.74, 6) is 2.45. The zero-order valence-electron chi connectivity index (χ0n) is 12.2. The molecule has 0 aromatic carbocycles. The first kappa shape index (κ1) is 13.0. The summed E-state index contributed by atoms with van der Waals surface area (Å²) in [4.78, 5) is 2.31. The van der Waals surface area contributed by atoms with E-state index in [0.29, 0.717) is 5.92 Å². The zero-order chi connectivity index (χ0) is 14.1. The van der Waals surface area contributed by atoms with Gasteiger partial charge in [0.15, 0.2) is 5.82 Å². The molecule has 6 nitrogen and oxygen atoms in total. The highest BCUT2D eigenvalue weighted by Gasteiger charge is 2.25. The number of aromatic nitrogens is 5. The van der Waals surface area contributed by atoms with E-state index in [1.165, 1.54) is 5.56 Å². The molecule has 6 heteroatoms. The molecule has 2 aromatic heterocycles. The predicted molar refractivity (Wildman–Crippen MR) is 76.7 cm³/mol. The molecule has 1 unspecified atom stereocenters. The number of piperidine rings is 1. The molecule has 1 fully saturated rings. The fourth-order valence-electron chi connectivity index (χ4n) is 2.74. The number of nitrogens with zero attached hydrogens (tertiary/aromatic N) is 6. The van der Waals surface area contributed by atoms with Gasteiger partial charge in [-0.1, -0.05) is 0 Å². The van der Waals surface area contributed by atoms with Crippen molar-refractivity contribution < 1.29 is 0 Å². The van der Waals surface area contributed by atoms with E-state index in [2.05, 4.69) is 38.3 Å². The zero-order valence-corrected chi connectivity index (χ0v) is 12.2. The van der Waals surface area contributed by atoms with Crippen LogP contribution in [0.3, 0.4) is 0 Å². The Labute approximate surface area is 118 Å². The first-order valence-electron chi connectivity index (χ1n) is 7.05. The third-order valence-corrected chi connectivity index (χ3v) is 4.08. The van der Waals surface area contributed by atoms with Gasteiger partial charge >= 0.3 is 0 Å². The van der Waals surface area contributed by atoms with Crippen LogP contribution in [0.2, 0.25) is 0 Å². The van der Waals surface area contributed by atoms with Gasteiger partial charge in [0, 0.05) is 26.1 Å². The summed E-state index contributed by atoms with van der Waals surface area (Å²) >= 11 is 0. The van der Waals surface area contributed by atoms with Crippen LogP contribution in [-0.4, -0.2) is 38.1 Å². The summed E-state index contributed by atoms with van der Waals surface area (Å²) in [6.07, 6.45) is 4.07. The van der Waals surface area contributed by atoms with Gasteiger partial charge in [-0.3, -0.25) is 0 Å². The minimum atomic E-state index is 0.416. The van der Waals surface area contributed by atoms with E-state index in [1.807, 2.05) is 18.5 Å². The Kier molecular flexibility index (Phi) is 3.38. The van der Waals surface area contributed by atoms with Crippen LogP contribution < -0.4 is 4.90 Å². The van der Waals surface area contributed by atoms with Crippen LogP contribution in [0, 0.1) is 13.8 Å². The van der Waals surface area contributed by atoms with Gasteiger partial charge < -0.3 is 9.47 Å². The van der Waals surface area contributed by atoms with Crippen molar-refractivity contribution in [3.05, 3.63) is 29.5 Å². The van der Waals surface area contributed by atoms with Gasteiger partial charge in [0.2, 0.25) is 0 Å². The summed E-state index contributed by atoms with van der Waals surface area (Å²) in [5, 5.41) is 16.8. The molecule has 0 spiro atoms. The molecular formula is C14H20N6.